The van der Waals surface area contributed by atoms with Gasteiger partial charge in [-0.3, -0.25) is 0 Å². The van der Waals surface area contributed by atoms with E-state index >= 15 is 0 Å². The fourth-order valence-corrected chi connectivity index (χ4v) is 1.55. The lowest BCUT2D eigenvalue weighted by atomic mass is 10.2. The van der Waals surface area contributed by atoms with E-state index in [9.17, 15) is 0 Å². The second kappa shape index (κ2) is 7.88. The van der Waals surface area contributed by atoms with Gasteiger partial charge in [-0.15, -0.1) is 6.58 Å². The van der Waals surface area contributed by atoms with E-state index in [1.807, 2.05) is 19.1 Å². The molecule has 0 spiro atoms. The third-order valence-corrected chi connectivity index (χ3v) is 2.67. The molecule has 3 nitrogen and oxygen atoms in total. The number of pyridine rings is 1. The summed E-state index contributed by atoms with van der Waals surface area (Å²) in [7, 11) is 0. The molecular weight excluding hydrogens is 224 g/mol. The highest BCUT2D eigenvalue weighted by Crippen LogP contribution is 2.13. The lowest BCUT2D eigenvalue weighted by molar-refractivity contribution is 0.299. The Labute approximate surface area is 110 Å². The van der Waals surface area contributed by atoms with Crippen molar-refractivity contribution in [2.75, 3.05) is 6.61 Å². The number of unbranched alkanes of at least 4 members (excludes halogenated alkanes) is 1. The van der Waals surface area contributed by atoms with E-state index in [0.29, 0.717) is 18.5 Å². The lowest BCUT2D eigenvalue weighted by Gasteiger charge is -2.11. The molecule has 1 rings (SSSR count). The van der Waals surface area contributed by atoms with Crippen molar-refractivity contribution >= 4 is 0 Å². The number of nitrogens with zero attached hydrogens (tertiary/aromatic N) is 1. The number of nitrogens with one attached hydrogen (secondary N) is 1. The third kappa shape index (κ3) is 5.32. The maximum atomic E-state index is 5.59. The molecule has 0 saturated heterocycles. The minimum atomic E-state index is 0.485. The Morgan fingerprint density at radius 2 is 2.22 bits per heavy atom. The fraction of sp³-hybridized carbons (Fsp3) is 0.533. The Kier molecular flexibility index (Phi) is 6.44. The van der Waals surface area contributed by atoms with E-state index in [4.69, 9.17) is 4.74 Å². The van der Waals surface area contributed by atoms with Gasteiger partial charge in [0, 0.05) is 24.3 Å². The molecule has 0 aliphatic carbocycles. The Hall–Kier alpha value is -1.35. The van der Waals surface area contributed by atoms with Crippen LogP contribution in [0, 0.1) is 6.92 Å². The first-order chi connectivity index (χ1) is 8.63. The molecule has 0 unspecified atom stereocenters. The number of aryl methyl sites for hydroxylation is 1. The van der Waals surface area contributed by atoms with Gasteiger partial charge < -0.3 is 10.1 Å². The normalized spacial score (nSPS) is 10.7. The molecule has 0 radical (unpaired) electrons. The summed E-state index contributed by atoms with van der Waals surface area (Å²) in [5.41, 5.74) is 2.26. The molecule has 1 heterocycles. The maximum absolute atomic E-state index is 5.59. The molecule has 3 heteroatoms. The van der Waals surface area contributed by atoms with Crippen LogP contribution < -0.4 is 10.1 Å². The zero-order valence-electron chi connectivity index (χ0n) is 11.7. The first-order valence-electron chi connectivity index (χ1n) is 6.57. The molecule has 0 saturated carbocycles. The molecule has 100 valence electrons. The van der Waals surface area contributed by atoms with Gasteiger partial charge in [0.15, 0.2) is 0 Å². The summed E-state index contributed by atoms with van der Waals surface area (Å²) < 4.78 is 5.59. The molecule has 1 N–H and O–H groups in total. The van der Waals surface area contributed by atoms with Gasteiger partial charge in [-0.1, -0.05) is 26.0 Å². The van der Waals surface area contributed by atoms with Gasteiger partial charge in [-0.25, -0.2) is 4.98 Å². The number of rotatable bonds is 8. The van der Waals surface area contributed by atoms with Gasteiger partial charge in [-0.05, 0) is 25.3 Å². The van der Waals surface area contributed by atoms with Crippen LogP contribution in [0.4, 0.5) is 0 Å². The van der Waals surface area contributed by atoms with E-state index in [1.165, 1.54) is 5.56 Å². The Morgan fingerprint density at radius 1 is 1.44 bits per heavy atom. The van der Waals surface area contributed by atoms with Crippen LogP contribution >= 0.6 is 0 Å². The van der Waals surface area contributed by atoms with E-state index in [-0.39, 0.29) is 0 Å². The molecule has 0 amide bonds. The second-order valence-corrected chi connectivity index (χ2v) is 4.71. The van der Waals surface area contributed by atoms with Gasteiger partial charge in [0.2, 0.25) is 5.88 Å². The predicted octanol–water partition coefficient (Wildman–Crippen LogP) is 3.23. The number of allylic oxidation sites excluding steroid dienone is 1. The van der Waals surface area contributed by atoms with Crippen LogP contribution in [0.1, 0.15) is 37.9 Å². The second-order valence-electron chi connectivity index (χ2n) is 4.71. The highest BCUT2D eigenvalue weighted by molar-refractivity contribution is 5.24. The van der Waals surface area contributed by atoms with Gasteiger partial charge in [0.05, 0.1) is 6.61 Å². The number of hydrogen-bond donors (Lipinski definition) is 1. The maximum Gasteiger partial charge on any atom is 0.213 e. The monoisotopic (exact) mass is 248 g/mol. The van der Waals surface area contributed by atoms with Crippen molar-refractivity contribution in [1.29, 1.82) is 0 Å². The number of ether oxygens (including phenoxy) is 1. The van der Waals surface area contributed by atoms with Crippen LogP contribution in [0.3, 0.4) is 0 Å². The van der Waals surface area contributed by atoms with Crippen molar-refractivity contribution in [2.45, 2.75) is 46.2 Å². The van der Waals surface area contributed by atoms with Crippen LogP contribution in [0.2, 0.25) is 0 Å². The molecule has 1 aromatic rings. The summed E-state index contributed by atoms with van der Waals surface area (Å²) in [4.78, 5) is 4.46. The molecule has 0 aliphatic rings. The van der Waals surface area contributed by atoms with Gasteiger partial charge >= 0.3 is 0 Å². The summed E-state index contributed by atoms with van der Waals surface area (Å²) in [6, 6.07) is 4.51. The summed E-state index contributed by atoms with van der Waals surface area (Å²) >= 11 is 0. The van der Waals surface area contributed by atoms with Gasteiger partial charge in [0.25, 0.3) is 0 Å². The molecule has 0 aliphatic heterocycles. The van der Waals surface area contributed by atoms with Crippen LogP contribution in [-0.4, -0.2) is 17.6 Å². The molecule has 0 atom stereocenters. The zero-order chi connectivity index (χ0) is 13.4. The molecule has 0 bridgehead atoms. The number of hydrogen-bond acceptors (Lipinski definition) is 3. The first-order valence-corrected chi connectivity index (χ1v) is 6.57. The third-order valence-electron chi connectivity index (χ3n) is 2.67. The Morgan fingerprint density at radius 3 is 2.83 bits per heavy atom. The largest absolute Gasteiger partial charge is 0.478 e. The molecular formula is C15H24N2O. The SMILES string of the molecule is C=CCCCOc1ccc(CNC(C)C)c(C)n1. The van der Waals surface area contributed by atoms with E-state index in [1.54, 1.807) is 0 Å². The zero-order valence-corrected chi connectivity index (χ0v) is 11.7. The average Bonchev–Trinajstić information content (AvgIpc) is 2.33. The van der Waals surface area contributed by atoms with E-state index in [0.717, 1.165) is 25.1 Å². The lowest BCUT2D eigenvalue weighted by Crippen LogP contribution is -2.22. The highest BCUT2D eigenvalue weighted by Gasteiger charge is 2.03. The smallest absolute Gasteiger partial charge is 0.213 e. The minimum absolute atomic E-state index is 0.485. The average molecular weight is 248 g/mol. The van der Waals surface area contributed by atoms with Crippen molar-refractivity contribution in [3.05, 3.63) is 36.0 Å². The van der Waals surface area contributed by atoms with Gasteiger partial charge in [0.1, 0.15) is 0 Å². The standard InChI is InChI=1S/C15H24N2O/c1-5-6-7-10-18-15-9-8-14(13(4)17-15)11-16-12(2)3/h5,8-9,12,16H,1,6-7,10-11H2,2-4H3. The highest BCUT2D eigenvalue weighted by atomic mass is 16.5. The molecule has 18 heavy (non-hydrogen) atoms. The van der Waals surface area contributed by atoms with Crippen molar-refractivity contribution in [1.82, 2.24) is 10.3 Å². The summed E-state index contributed by atoms with van der Waals surface area (Å²) in [6.45, 7) is 11.5. The molecule has 0 aromatic carbocycles. The number of aromatic nitrogens is 1. The minimum Gasteiger partial charge on any atom is -0.478 e. The van der Waals surface area contributed by atoms with Crippen LogP contribution in [0.25, 0.3) is 0 Å². The van der Waals surface area contributed by atoms with Crippen molar-refractivity contribution < 1.29 is 4.74 Å². The summed E-state index contributed by atoms with van der Waals surface area (Å²) in [5, 5.41) is 3.39. The summed E-state index contributed by atoms with van der Waals surface area (Å²) in [5.74, 6) is 0.713. The predicted molar refractivity (Wildman–Crippen MR) is 75.9 cm³/mol. The first kappa shape index (κ1) is 14.7. The molecule has 0 fully saturated rings. The fourth-order valence-electron chi connectivity index (χ4n) is 1.55. The van der Waals surface area contributed by atoms with Crippen molar-refractivity contribution in [2.24, 2.45) is 0 Å². The quantitative estimate of drug-likeness (QED) is 0.566. The van der Waals surface area contributed by atoms with Crippen LogP contribution in [-0.2, 0) is 6.54 Å². The topological polar surface area (TPSA) is 34.1 Å². The Bertz CT molecular complexity index is 375. The van der Waals surface area contributed by atoms with E-state index < -0.39 is 0 Å². The summed E-state index contributed by atoms with van der Waals surface area (Å²) in [6.07, 6.45) is 3.87. The molecule has 1 aromatic heterocycles. The Balaban J connectivity index is 2.48. The van der Waals surface area contributed by atoms with Crippen LogP contribution in [0.15, 0.2) is 24.8 Å². The van der Waals surface area contributed by atoms with E-state index in [2.05, 4.69) is 36.8 Å². The van der Waals surface area contributed by atoms with Crippen molar-refractivity contribution in [3.63, 3.8) is 0 Å². The van der Waals surface area contributed by atoms with Gasteiger partial charge in [-0.2, -0.15) is 0 Å². The van der Waals surface area contributed by atoms with Crippen LogP contribution in [0.5, 0.6) is 5.88 Å². The van der Waals surface area contributed by atoms with Crippen molar-refractivity contribution in [3.8, 4) is 5.88 Å².